The van der Waals surface area contributed by atoms with Gasteiger partial charge in [0, 0.05) is 12.6 Å². The molecular weight excluding hydrogens is 264 g/mol. The molecule has 1 atom stereocenters. The fraction of sp³-hybridized carbons (Fsp3) is 0.200. The fourth-order valence-electron chi connectivity index (χ4n) is 1.82. The van der Waals surface area contributed by atoms with Crippen LogP contribution in [0.5, 0.6) is 11.5 Å². The highest BCUT2D eigenvalue weighted by atomic mass is 19.1. The second-order valence-corrected chi connectivity index (χ2v) is 4.19. The smallest absolute Gasteiger partial charge is 0.168 e. The van der Waals surface area contributed by atoms with Gasteiger partial charge in [0.15, 0.2) is 11.6 Å². The van der Waals surface area contributed by atoms with Crippen molar-refractivity contribution >= 4 is 0 Å². The molecule has 2 aromatic carbocycles. The third-order valence-electron chi connectivity index (χ3n) is 2.84. The lowest BCUT2D eigenvalue weighted by atomic mass is 10.1. The van der Waals surface area contributed by atoms with Gasteiger partial charge in [0.25, 0.3) is 0 Å². The Balaban J connectivity index is 2.23. The first-order valence-corrected chi connectivity index (χ1v) is 6.09. The maximum Gasteiger partial charge on any atom is 0.168 e. The number of hydrogen-bond acceptors (Lipinski definition) is 3. The molecule has 0 fully saturated rings. The molecule has 0 saturated carbocycles. The Kier molecular flexibility index (Phi) is 4.53. The van der Waals surface area contributed by atoms with E-state index in [2.05, 4.69) is 0 Å². The standard InChI is InChI=1S/C15H15F2NO2/c1-19-12-4-2-3-10(7-12)15(9-18)20-14-6-5-11(16)8-13(14)17/h2-8,15H,9,18H2,1H3. The maximum atomic E-state index is 13.6. The van der Waals surface area contributed by atoms with Gasteiger partial charge in [-0.1, -0.05) is 12.1 Å². The van der Waals surface area contributed by atoms with Crippen molar-refractivity contribution in [2.24, 2.45) is 5.73 Å². The van der Waals surface area contributed by atoms with Crippen molar-refractivity contribution in [2.75, 3.05) is 13.7 Å². The molecule has 0 saturated heterocycles. The van der Waals surface area contributed by atoms with Crippen LogP contribution in [0.25, 0.3) is 0 Å². The van der Waals surface area contributed by atoms with Crippen molar-refractivity contribution in [3.63, 3.8) is 0 Å². The molecule has 0 spiro atoms. The molecule has 2 aromatic rings. The molecule has 3 nitrogen and oxygen atoms in total. The number of halogens is 2. The van der Waals surface area contributed by atoms with Gasteiger partial charge < -0.3 is 15.2 Å². The minimum atomic E-state index is -0.758. The first-order chi connectivity index (χ1) is 9.63. The van der Waals surface area contributed by atoms with E-state index in [0.29, 0.717) is 5.75 Å². The average Bonchev–Trinajstić information content (AvgIpc) is 2.46. The van der Waals surface area contributed by atoms with E-state index in [1.807, 2.05) is 6.07 Å². The largest absolute Gasteiger partial charge is 0.497 e. The molecule has 2 N–H and O–H groups in total. The second-order valence-electron chi connectivity index (χ2n) is 4.19. The van der Waals surface area contributed by atoms with Crippen LogP contribution in [0.3, 0.4) is 0 Å². The van der Waals surface area contributed by atoms with Crippen molar-refractivity contribution in [1.29, 1.82) is 0 Å². The van der Waals surface area contributed by atoms with Crippen molar-refractivity contribution in [1.82, 2.24) is 0 Å². The normalized spacial score (nSPS) is 12.0. The van der Waals surface area contributed by atoms with Crippen molar-refractivity contribution in [2.45, 2.75) is 6.10 Å². The summed E-state index contributed by atoms with van der Waals surface area (Å²) in [5.74, 6) is -0.791. The van der Waals surface area contributed by atoms with E-state index < -0.39 is 17.7 Å². The fourth-order valence-corrected chi connectivity index (χ4v) is 1.82. The van der Waals surface area contributed by atoms with Gasteiger partial charge in [-0.2, -0.15) is 0 Å². The van der Waals surface area contributed by atoms with Crippen LogP contribution in [-0.2, 0) is 0 Å². The molecule has 0 aliphatic heterocycles. The van der Waals surface area contributed by atoms with E-state index in [-0.39, 0.29) is 12.3 Å². The van der Waals surface area contributed by atoms with Crippen LogP contribution in [0.4, 0.5) is 8.78 Å². The average molecular weight is 279 g/mol. The summed E-state index contributed by atoms with van der Waals surface area (Å²) < 4.78 is 37.1. The highest BCUT2D eigenvalue weighted by Gasteiger charge is 2.15. The first-order valence-electron chi connectivity index (χ1n) is 6.09. The second kappa shape index (κ2) is 6.34. The summed E-state index contributed by atoms with van der Waals surface area (Å²) in [4.78, 5) is 0. The Morgan fingerprint density at radius 1 is 1.15 bits per heavy atom. The maximum absolute atomic E-state index is 13.6. The molecular formula is C15H15F2NO2. The summed E-state index contributed by atoms with van der Waals surface area (Å²) >= 11 is 0. The molecule has 2 rings (SSSR count). The number of benzene rings is 2. The van der Waals surface area contributed by atoms with Crippen LogP contribution >= 0.6 is 0 Å². The Hall–Kier alpha value is -2.14. The number of ether oxygens (including phenoxy) is 2. The van der Waals surface area contributed by atoms with Crippen molar-refractivity contribution in [3.8, 4) is 11.5 Å². The van der Waals surface area contributed by atoms with Crippen LogP contribution in [0.15, 0.2) is 42.5 Å². The zero-order chi connectivity index (χ0) is 14.5. The molecule has 0 bridgehead atoms. The van der Waals surface area contributed by atoms with Crippen LogP contribution in [0.1, 0.15) is 11.7 Å². The molecule has 20 heavy (non-hydrogen) atoms. The predicted molar refractivity (Wildman–Crippen MR) is 71.8 cm³/mol. The SMILES string of the molecule is COc1cccc(C(CN)Oc2ccc(F)cc2F)c1. The van der Waals surface area contributed by atoms with Crippen molar-refractivity contribution in [3.05, 3.63) is 59.7 Å². The van der Waals surface area contributed by atoms with Crippen LogP contribution < -0.4 is 15.2 Å². The van der Waals surface area contributed by atoms with Gasteiger partial charge in [-0.3, -0.25) is 0 Å². The van der Waals surface area contributed by atoms with E-state index in [9.17, 15) is 8.78 Å². The van der Waals surface area contributed by atoms with E-state index in [1.165, 1.54) is 6.07 Å². The lowest BCUT2D eigenvalue weighted by Gasteiger charge is -2.18. The van der Waals surface area contributed by atoms with Gasteiger partial charge in [0.1, 0.15) is 17.7 Å². The van der Waals surface area contributed by atoms with Gasteiger partial charge in [-0.15, -0.1) is 0 Å². The molecule has 1 unspecified atom stereocenters. The Bertz CT molecular complexity index is 590. The molecule has 0 aliphatic carbocycles. The van der Waals surface area contributed by atoms with Crippen molar-refractivity contribution < 1.29 is 18.3 Å². The lowest BCUT2D eigenvalue weighted by molar-refractivity contribution is 0.203. The molecule has 0 radical (unpaired) electrons. The highest BCUT2D eigenvalue weighted by molar-refractivity contribution is 5.32. The number of hydrogen-bond donors (Lipinski definition) is 1. The van der Waals surface area contributed by atoms with Gasteiger partial charge >= 0.3 is 0 Å². The number of methoxy groups -OCH3 is 1. The van der Waals surface area contributed by atoms with Crippen LogP contribution in [-0.4, -0.2) is 13.7 Å². The van der Waals surface area contributed by atoms with Gasteiger partial charge in [-0.05, 0) is 29.8 Å². The third kappa shape index (κ3) is 3.24. The third-order valence-corrected chi connectivity index (χ3v) is 2.84. The van der Waals surface area contributed by atoms with Crippen LogP contribution in [0.2, 0.25) is 0 Å². The summed E-state index contributed by atoms with van der Waals surface area (Å²) in [6.07, 6.45) is -0.537. The lowest BCUT2D eigenvalue weighted by Crippen LogP contribution is -2.19. The Labute approximate surface area is 115 Å². The summed E-state index contributed by atoms with van der Waals surface area (Å²) in [5.41, 5.74) is 6.42. The summed E-state index contributed by atoms with van der Waals surface area (Å²) in [5, 5.41) is 0. The quantitative estimate of drug-likeness (QED) is 0.915. The minimum absolute atomic E-state index is 0.0373. The summed E-state index contributed by atoms with van der Waals surface area (Å²) in [7, 11) is 1.55. The van der Waals surface area contributed by atoms with Crippen LogP contribution in [0, 0.1) is 11.6 Å². The molecule has 5 heteroatoms. The molecule has 0 aliphatic rings. The monoisotopic (exact) mass is 279 g/mol. The zero-order valence-corrected chi connectivity index (χ0v) is 11.0. The Morgan fingerprint density at radius 2 is 1.95 bits per heavy atom. The van der Waals surface area contributed by atoms with Gasteiger partial charge in [-0.25, -0.2) is 8.78 Å². The molecule has 106 valence electrons. The van der Waals surface area contributed by atoms with E-state index in [0.717, 1.165) is 17.7 Å². The van der Waals surface area contributed by atoms with E-state index >= 15 is 0 Å². The molecule has 0 heterocycles. The molecule has 0 aromatic heterocycles. The van der Waals surface area contributed by atoms with Gasteiger partial charge in [0.05, 0.1) is 7.11 Å². The summed E-state index contributed by atoms with van der Waals surface area (Å²) in [6.45, 7) is 0.157. The van der Waals surface area contributed by atoms with Gasteiger partial charge in [0.2, 0.25) is 0 Å². The zero-order valence-electron chi connectivity index (χ0n) is 11.0. The predicted octanol–water partition coefficient (Wildman–Crippen LogP) is 3.05. The summed E-state index contributed by atoms with van der Waals surface area (Å²) in [6, 6.07) is 10.3. The Morgan fingerprint density at radius 3 is 2.60 bits per heavy atom. The van der Waals surface area contributed by atoms with E-state index in [4.69, 9.17) is 15.2 Å². The first kappa shape index (κ1) is 14.3. The molecule has 0 amide bonds. The van der Waals surface area contributed by atoms with E-state index in [1.54, 1.807) is 25.3 Å². The minimum Gasteiger partial charge on any atom is -0.497 e. The topological polar surface area (TPSA) is 44.5 Å². The highest BCUT2D eigenvalue weighted by Crippen LogP contribution is 2.26. The number of nitrogens with two attached hydrogens (primary N) is 1. The number of rotatable bonds is 5.